The summed E-state index contributed by atoms with van der Waals surface area (Å²) >= 11 is 0. The van der Waals surface area contributed by atoms with Crippen molar-refractivity contribution < 1.29 is 19.0 Å². The molecule has 3 rings (SSSR count). The zero-order valence-electron chi connectivity index (χ0n) is 14.0. The lowest BCUT2D eigenvalue weighted by Gasteiger charge is -2.06. The van der Waals surface area contributed by atoms with Crippen molar-refractivity contribution in [2.24, 2.45) is 0 Å². The normalized spacial score (nSPS) is 12.5. The van der Waals surface area contributed by atoms with E-state index in [0.717, 1.165) is 29.6 Å². The Labute approximate surface area is 141 Å². The first-order valence-electron chi connectivity index (χ1n) is 8.07. The van der Waals surface area contributed by atoms with Gasteiger partial charge in [0.2, 0.25) is 0 Å². The molecule has 1 heterocycles. The fraction of sp³-hybridized carbons (Fsp3) is 0.300. The molecule has 4 heteroatoms. The number of ether oxygens (including phenoxy) is 2. The van der Waals surface area contributed by atoms with Gasteiger partial charge < -0.3 is 19.0 Å². The molecule has 0 bridgehead atoms. The highest BCUT2D eigenvalue weighted by Gasteiger charge is 2.09. The standard InChI is InChI=1S/C20H22O4/c1-14(21)19-12-17-8-5-16(11-20(17)24-19)4-3-15-6-9-18(10-7-15)23-13-22-2/h5-12,14,21H,3-4,13H2,1-2H3. The summed E-state index contributed by atoms with van der Waals surface area (Å²) in [5.41, 5.74) is 3.30. The molecule has 1 N–H and O–H groups in total. The molecule has 1 aromatic heterocycles. The van der Waals surface area contributed by atoms with Gasteiger partial charge in [0, 0.05) is 12.5 Å². The van der Waals surface area contributed by atoms with E-state index in [9.17, 15) is 5.11 Å². The summed E-state index contributed by atoms with van der Waals surface area (Å²) in [7, 11) is 1.61. The van der Waals surface area contributed by atoms with Gasteiger partial charge in [0.05, 0.1) is 0 Å². The lowest BCUT2D eigenvalue weighted by atomic mass is 10.0. The third kappa shape index (κ3) is 3.96. The Kier molecular flexibility index (Phi) is 5.18. The van der Waals surface area contributed by atoms with Crippen LogP contribution in [0.5, 0.6) is 5.75 Å². The van der Waals surface area contributed by atoms with Crippen LogP contribution in [0.2, 0.25) is 0 Å². The number of benzene rings is 2. The van der Waals surface area contributed by atoms with Gasteiger partial charge in [-0.3, -0.25) is 0 Å². The topological polar surface area (TPSA) is 51.8 Å². The summed E-state index contributed by atoms with van der Waals surface area (Å²) in [5, 5.41) is 10.6. The van der Waals surface area contributed by atoms with Crippen LogP contribution < -0.4 is 4.74 Å². The lowest BCUT2D eigenvalue weighted by Crippen LogP contribution is -1.99. The van der Waals surface area contributed by atoms with Gasteiger partial charge in [0.15, 0.2) is 6.79 Å². The van der Waals surface area contributed by atoms with Crippen molar-refractivity contribution in [3.63, 3.8) is 0 Å². The maximum absolute atomic E-state index is 9.61. The molecular formula is C20H22O4. The molecule has 0 spiro atoms. The van der Waals surface area contributed by atoms with Gasteiger partial charge in [-0.15, -0.1) is 0 Å². The van der Waals surface area contributed by atoms with E-state index in [2.05, 4.69) is 24.3 Å². The second kappa shape index (κ2) is 7.51. The fourth-order valence-corrected chi connectivity index (χ4v) is 2.63. The molecule has 0 saturated carbocycles. The number of rotatable bonds is 7. The summed E-state index contributed by atoms with van der Waals surface area (Å²) < 4.78 is 16.0. The summed E-state index contributed by atoms with van der Waals surface area (Å²) in [6.07, 6.45) is 1.29. The van der Waals surface area contributed by atoms with E-state index in [1.807, 2.05) is 24.3 Å². The van der Waals surface area contributed by atoms with Crippen molar-refractivity contribution in [2.45, 2.75) is 25.9 Å². The number of aryl methyl sites for hydroxylation is 2. The highest BCUT2D eigenvalue weighted by Crippen LogP contribution is 2.25. The van der Waals surface area contributed by atoms with Gasteiger partial charge in [-0.05, 0) is 55.2 Å². The molecule has 0 fully saturated rings. The average Bonchev–Trinajstić information content (AvgIpc) is 3.02. The second-order valence-corrected chi connectivity index (χ2v) is 5.89. The highest BCUT2D eigenvalue weighted by molar-refractivity contribution is 5.78. The van der Waals surface area contributed by atoms with E-state index >= 15 is 0 Å². The van der Waals surface area contributed by atoms with Crippen molar-refractivity contribution >= 4 is 11.0 Å². The Morgan fingerprint density at radius 1 is 1.00 bits per heavy atom. The monoisotopic (exact) mass is 326 g/mol. The molecule has 3 aromatic rings. The van der Waals surface area contributed by atoms with Crippen LogP contribution in [0.1, 0.15) is 29.9 Å². The number of aliphatic hydroxyl groups excluding tert-OH is 1. The Morgan fingerprint density at radius 3 is 2.42 bits per heavy atom. The molecule has 0 radical (unpaired) electrons. The lowest BCUT2D eigenvalue weighted by molar-refractivity contribution is 0.0511. The molecule has 0 aliphatic rings. The first-order valence-corrected chi connectivity index (χ1v) is 8.07. The predicted octanol–water partition coefficient (Wildman–Crippen LogP) is 4.25. The van der Waals surface area contributed by atoms with E-state index in [0.29, 0.717) is 5.76 Å². The predicted molar refractivity (Wildman–Crippen MR) is 93.2 cm³/mol. The fourth-order valence-electron chi connectivity index (χ4n) is 2.63. The quantitative estimate of drug-likeness (QED) is 0.659. The Balaban J connectivity index is 1.64. The SMILES string of the molecule is COCOc1ccc(CCc2ccc3cc(C(C)O)oc3c2)cc1. The van der Waals surface area contributed by atoms with Crippen molar-refractivity contribution in [3.05, 3.63) is 65.4 Å². The third-order valence-electron chi connectivity index (χ3n) is 3.98. The molecular weight excluding hydrogens is 304 g/mol. The Bertz CT molecular complexity index is 787. The van der Waals surface area contributed by atoms with Gasteiger partial charge in [0.25, 0.3) is 0 Å². The maximum atomic E-state index is 9.61. The van der Waals surface area contributed by atoms with Gasteiger partial charge in [0.1, 0.15) is 23.2 Å². The molecule has 0 amide bonds. The minimum Gasteiger partial charge on any atom is -0.468 e. The Hall–Kier alpha value is -2.30. The molecule has 4 nitrogen and oxygen atoms in total. The number of aliphatic hydroxyl groups is 1. The number of hydrogen-bond acceptors (Lipinski definition) is 4. The molecule has 0 saturated heterocycles. The molecule has 126 valence electrons. The largest absolute Gasteiger partial charge is 0.468 e. The van der Waals surface area contributed by atoms with Crippen molar-refractivity contribution in [1.82, 2.24) is 0 Å². The van der Waals surface area contributed by atoms with Gasteiger partial charge in [-0.2, -0.15) is 0 Å². The van der Waals surface area contributed by atoms with Crippen LogP contribution in [-0.2, 0) is 17.6 Å². The number of furan rings is 1. The first-order chi connectivity index (χ1) is 11.7. The minimum absolute atomic E-state index is 0.261. The number of hydrogen-bond donors (Lipinski definition) is 1. The molecule has 2 aromatic carbocycles. The van der Waals surface area contributed by atoms with E-state index in [1.165, 1.54) is 11.1 Å². The average molecular weight is 326 g/mol. The zero-order chi connectivity index (χ0) is 16.9. The van der Waals surface area contributed by atoms with E-state index in [4.69, 9.17) is 13.9 Å². The molecule has 24 heavy (non-hydrogen) atoms. The molecule has 0 aliphatic carbocycles. The van der Waals surface area contributed by atoms with Crippen LogP contribution in [-0.4, -0.2) is 19.0 Å². The van der Waals surface area contributed by atoms with Crippen molar-refractivity contribution in [3.8, 4) is 5.75 Å². The van der Waals surface area contributed by atoms with E-state index < -0.39 is 6.10 Å². The van der Waals surface area contributed by atoms with Crippen LogP contribution in [0.15, 0.2) is 52.9 Å². The maximum Gasteiger partial charge on any atom is 0.188 e. The second-order valence-electron chi connectivity index (χ2n) is 5.89. The van der Waals surface area contributed by atoms with Crippen LogP contribution in [0, 0.1) is 0 Å². The molecule has 1 unspecified atom stereocenters. The highest BCUT2D eigenvalue weighted by atomic mass is 16.7. The van der Waals surface area contributed by atoms with Crippen LogP contribution >= 0.6 is 0 Å². The first kappa shape index (κ1) is 16.6. The van der Waals surface area contributed by atoms with E-state index in [-0.39, 0.29) is 6.79 Å². The zero-order valence-corrected chi connectivity index (χ0v) is 14.0. The summed E-state index contributed by atoms with van der Waals surface area (Å²) in [5.74, 6) is 1.41. The number of fused-ring (bicyclic) bond motifs is 1. The smallest absolute Gasteiger partial charge is 0.188 e. The van der Waals surface area contributed by atoms with E-state index in [1.54, 1.807) is 14.0 Å². The summed E-state index contributed by atoms with van der Waals surface area (Å²) in [4.78, 5) is 0. The van der Waals surface area contributed by atoms with Crippen molar-refractivity contribution in [1.29, 1.82) is 0 Å². The van der Waals surface area contributed by atoms with Crippen LogP contribution in [0.4, 0.5) is 0 Å². The summed E-state index contributed by atoms with van der Waals surface area (Å²) in [6.45, 7) is 1.97. The van der Waals surface area contributed by atoms with Crippen molar-refractivity contribution in [2.75, 3.05) is 13.9 Å². The number of methoxy groups -OCH3 is 1. The van der Waals surface area contributed by atoms with Crippen LogP contribution in [0.3, 0.4) is 0 Å². The van der Waals surface area contributed by atoms with Crippen LogP contribution in [0.25, 0.3) is 11.0 Å². The minimum atomic E-state index is -0.584. The third-order valence-corrected chi connectivity index (χ3v) is 3.98. The van der Waals surface area contributed by atoms with Gasteiger partial charge in [-0.1, -0.05) is 24.3 Å². The van der Waals surface area contributed by atoms with Gasteiger partial charge >= 0.3 is 0 Å². The van der Waals surface area contributed by atoms with Gasteiger partial charge in [-0.25, -0.2) is 0 Å². The Morgan fingerprint density at radius 2 is 1.71 bits per heavy atom. The molecule has 0 aliphatic heterocycles. The summed E-state index contributed by atoms with van der Waals surface area (Å²) in [6, 6.07) is 16.2. The molecule has 1 atom stereocenters.